The standard InChI is InChI=1S/C13H10BrF3N2O/c1-20-12-5-8(18-6-19-12)4-9(14)13-10(16)2-7(15)3-11(13)17/h2-3,5-6,9H,4H2,1H3. The lowest BCUT2D eigenvalue weighted by atomic mass is 10.1. The van der Waals surface area contributed by atoms with Crippen LogP contribution < -0.4 is 4.74 Å². The molecule has 0 aliphatic heterocycles. The van der Waals surface area contributed by atoms with Crippen molar-refractivity contribution in [3.63, 3.8) is 0 Å². The van der Waals surface area contributed by atoms with E-state index in [0.717, 1.165) is 0 Å². The summed E-state index contributed by atoms with van der Waals surface area (Å²) >= 11 is 3.19. The Balaban J connectivity index is 2.26. The molecule has 0 radical (unpaired) electrons. The van der Waals surface area contributed by atoms with Crippen molar-refractivity contribution < 1.29 is 17.9 Å². The van der Waals surface area contributed by atoms with E-state index in [-0.39, 0.29) is 12.0 Å². The molecular weight excluding hydrogens is 337 g/mol. The Morgan fingerprint density at radius 3 is 2.40 bits per heavy atom. The predicted molar refractivity (Wildman–Crippen MR) is 70.3 cm³/mol. The molecule has 2 aromatic rings. The highest BCUT2D eigenvalue weighted by atomic mass is 79.9. The van der Waals surface area contributed by atoms with Crippen LogP contribution in [0.5, 0.6) is 5.88 Å². The molecular formula is C13H10BrF3N2O. The minimum atomic E-state index is -0.952. The van der Waals surface area contributed by atoms with E-state index in [0.29, 0.717) is 23.7 Å². The monoisotopic (exact) mass is 346 g/mol. The Hall–Kier alpha value is -1.63. The van der Waals surface area contributed by atoms with Crippen LogP contribution in [0.2, 0.25) is 0 Å². The molecule has 0 saturated carbocycles. The fraction of sp³-hybridized carbons (Fsp3) is 0.231. The molecule has 1 unspecified atom stereocenters. The van der Waals surface area contributed by atoms with Crippen LogP contribution in [0.4, 0.5) is 13.2 Å². The smallest absolute Gasteiger partial charge is 0.216 e. The lowest BCUT2D eigenvalue weighted by molar-refractivity contribution is 0.396. The van der Waals surface area contributed by atoms with Crippen molar-refractivity contribution in [2.45, 2.75) is 11.2 Å². The molecule has 0 aliphatic carbocycles. The number of nitrogens with zero attached hydrogens (tertiary/aromatic N) is 2. The van der Waals surface area contributed by atoms with Crippen LogP contribution in [0, 0.1) is 17.5 Å². The van der Waals surface area contributed by atoms with Crippen molar-refractivity contribution in [3.05, 3.63) is 53.2 Å². The van der Waals surface area contributed by atoms with Gasteiger partial charge >= 0.3 is 0 Å². The molecule has 0 fully saturated rings. The van der Waals surface area contributed by atoms with E-state index >= 15 is 0 Å². The van der Waals surface area contributed by atoms with Crippen molar-refractivity contribution in [2.24, 2.45) is 0 Å². The minimum Gasteiger partial charge on any atom is -0.481 e. The highest BCUT2D eigenvalue weighted by molar-refractivity contribution is 9.09. The summed E-state index contributed by atoms with van der Waals surface area (Å²) < 4.78 is 45.1. The maximum Gasteiger partial charge on any atom is 0.216 e. The molecule has 0 amide bonds. The molecule has 0 aliphatic rings. The molecule has 106 valence electrons. The third kappa shape index (κ3) is 3.27. The second kappa shape index (κ2) is 6.21. The Morgan fingerprint density at radius 2 is 1.80 bits per heavy atom. The zero-order valence-electron chi connectivity index (χ0n) is 10.4. The first kappa shape index (κ1) is 14.8. The summed E-state index contributed by atoms with van der Waals surface area (Å²) in [4.78, 5) is 7.15. The Bertz CT molecular complexity index is 601. The summed E-state index contributed by atoms with van der Waals surface area (Å²) in [5.74, 6) is -2.47. The summed E-state index contributed by atoms with van der Waals surface area (Å²) in [5, 5.41) is 0. The van der Waals surface area contributed by atoms with E-state index in [4.69, 9.17) is 4.74 Å². The van der Waals surface area contributed by atoms with Crippen molar-refractivity contribution in [2.75, 3.05) is 7.11 Å². The molecule has 1 heterocycles. The number of hydrogen-bond donors (Lipinski definition) is 0. The third-order valence-corrected chi connectivity index (χ3v) is 3.43. The molecule has 7 heteroatoms. The minimum absolute atomic E-state index is 0.207. The van der Waals surface area contributed by atoms with E-state index in [9.17, 15) is 13.2 Å². The first-order valence-electron chi connectivity index (χ1n) is 5.64. The molecule has 0 saturated heterocycles. The summed E-state index contributed by atoms with van der Waals surface area (Å²) in [6.07, 6.45) is 1.50. The van der Waals surface area contributed by atoms with E-state index in [1.165, 1.54) is 13.4 Å². The average molecular weight is 347 g/mol. The van der Waals surface area contributed by atoms with Gasteiger partial charge in [0.05, 0.1) is 11.9 Å². The highest BCUT2D eigenvalue weighted by Gasteiger charge is 2.20. The molecule has 2 rings (SSSR count). The van der Waals surface area contributed by atoms with Gasteiger partial charge in [-0.3, -0.25) is 0 Å². The lowest BCUT2D eigenvalue weighted by Gasteiger charge is -2.12. The molecule has 1 aromatic carbocycles. The van der Waals surface area contributed by atoms with Gasteiger partial charge in [0, 0.05) is 35.9 Å². The summed E-state index contributed by atoms with van der Waals surface area (Å²) in [7, 11) is 1.46. The zero-order valence-corrected chi connectivity index (χ0v) is 12.0. The summed E-state index contributed by atoms with van der Waals surface area (Å²) in [6, 6.07) is 2.86. The van der Waals surface area contributed by atoms with Gasteiger partial charge in [-0.05, 0) is 0 Å². The van der Waals surface area contributed by atoms with Crippen LogP contribution in [-0.4, -0.2) is 17.1 Å². The van der Waals surface area contributed by atoms with Gasteiger partial charge in [0.1, 0.15) is 23.8 Å². The van der Waals surface area contributed by atoms with Gasteiger partial charge in [0.2, 0.25) is 5.88 Å². The normalized spacial score (nSPS) is 12.2. The number of halogens is 4. The highest BCUT2D eigenvalue weighted by Crippen LogP contribution is 2.31. The van der Waals surface area contributed by atoms with E-state index < -0.39 is 22.3 Å². The van der Waals surface area contributed by atoms with Gasteiger partial charge in [0.25, 0.3) is 0 Å². The number of benzene rings is 1. The molecule has 0 N–H and O–H groups in total. The fourth-order valence-corrected chi connectivity index (χ4v) is 2.51. The quantitative estimate of drug-likeness (QED) is 0.793. The third-order valence-electron chi connectivity index (χ3n) is 2.65. The summed E-state index contributed by atoms with van der Waals surface area (Å²) in [5.41, 5.74) is 0.311. The lowest BCUT2D eigenvalue weighted by Crippen LogP contribution is -2.05. The predicted octanol–water partition coefficient (Wildman–Crippen LogP) is 3.58. The number of rotatable bonds is 4. The molecule has 1 aromatic heterocycles. The van der Waals surface area contributed by atoms with Gasteiger partial charge in [-0.2, -0.15) is 0 Å². The maximum absolute atomic E-state index is 13.6. The second-order valence-electron chi connectivity index (χ2n) is 4.01. The first-order chi connectivity index (χ1) is 9.51. The molecule has 20 heavy (non-hydrogen) atoms. The van der Waals surface area contributed by atoms with Crippen molar-refractivity contribution in [1.29, 1.82) is 0 Å². The van der Waals surface area contributed by atoms with Gasteiger partial charge in [0.15, 0.2) is 0 Å². The van der Waals surface area contributed by atoms with Crippen molar-refractivity contribution >= 4 is 15.9 Å². The number of hydrogen-bond acceptors (Lipinski definition) is 3. The SMILES string of the molecule is COc1cc(CC(Br)c2c(F)cc(F)cc2F)ncn1. The summed E-state index contributed by atoms with van der Waals surface area (Å²) in [6.45, 7) is 0. The van der Waals surface area contributed by atoms with E-state index in [1.807, 2.05) is 0 Å². The van der Waals surface area contributed by atoms with Crippen LogP contribution in [0.15, 0.2) is 24.5 Å². The van der Waals surface area contributed by atoms with Crippen LogP contribution in [0.3, 0.4) is 0 Å². The Kier molecular flexibility index (Phi) is 4.59. The zero-order chi connectivity index (χ0) is 14.7. The fourth-order valence-electron chi connectivity index (χ4n) is 1.74. The maximum atomic E-state index is 13.6. The molecule has 1 atom stereocenters. The van der Waals surface area contributed by atoms with Gasteiger partial charge in [-0.1, -0.05) is 15.9 Å². The van der Waals surface area contributed by atoms with Gasteiger partial charge < -0.3 is 4.74 Å². The van der Waals surface area contributed by atoms with Gasteiger partial charge in [-0.15, -0.1) is 0 Å². The van der Waals surface area contributed by atoms with Crippen LogP contribution in [0.25, 0.3) is 0 Å². The van der Waals surface area contributed by atoms with Crippen molar-refractivity contribution in [3.8, 4) is 5.88 Å². The largest absolute Gasteiger partial charge is 0.481 e. The Morgan fingerprint density at radius 1 is 1.15 bits per heavy atom. The first-order valence-corrected chi connectivity index (χ1v) is 6.56. The molecule has 0 bridgehead atoms. The number of alkyl halides is 1. The molecule has 0 spiro atoms. The van der Waals surface area contributed by atoms with Crippen LogP contribution >= 0.6 is 15.9 Å². The van der Waals surface area contributed by atoms with Gasteiger partial charge in [-0.25, -0.2) is 23.1 Å². The van der Waals surface area contributed by atoms with E-state index in [1.54, 1.807) is 6.07 Å². The van der Waals surface area contributed by atoms with Crippen LogP contribution in [0.1, 0.15) is 16.1 Å². The van der Waals surface area contributed by atoms with E-state index in [2.05, 4.69) is 25.9 Å². The van der Waals surface area contributed by atoms with Crippen molar-refractivity contribution in [1.82, 2.24) is 9.97 Å². The number of ether oxygens (including phenoxy) is 1. The number of methoxy groups -OCH3 is 1. The van der Waals surface area contributed by atoms with Crippen LogP contribution in [-0.2, 0) is 6.42 Å². The Labute approximate surface area is 122 Å². The second-order valence-corrected chi connectivity index (χ2v) is 5.11. The number of aromatic nitrogens is 2. The average Bonchev–Trinajstić information content (AvgIpc) is 2.37. The molecule has 3 nitrogen and oxygen atoms in total. The topological polar surface area (TPSA) is 35.0 Å².